The van der Waals surface area contributed by atoms with Gasteiger partial charge in [-0.15, -0.1) is 0 Å². The van der Waals surface area contributed by atoms with Crippen molar-refractivity contribution in [1.29, 1.82) is 0 Å². The molecule has 2 aromatic carbocycles. The van der Waals surface area contributed by atoms with E-state index in [-0.39, 0.29) is 49.6 Å². The zero-order valence-corrected chi connectivity index (χ0v) is 26.6. The van der Waals surface area contributed by atoms with Crippen LogP contribution >= 0.6 is 0 Å². The molecule has 44 heavy (non-hydrogen) atoms. The summed E-state index contributed by atoms with van der Waals surface area (Å²) in [4.78, 5) is 54.6. The fraction of sp³-hybridized carbons (Fsp3) is 0.500. The monoisotopic (exact) mass is 610 g/mol. The van der Waals surface area contributed by atoms with Crippen molar-refractivity contribution in [3.8, 4) is 23.0 Å². The van der Waals surface area contributed by atoms with Crippen LogP contribution in [0.15, 0.2) is 36.4 Å². The van der Waals surface area contributed by atoms with Crippen molar-refractivity contribution in [2.45, 2.75) is 73.0 Å². The molecule has 4 atom stereocenters. The number of nitrogens with zero attached hydrogens (tertiary/aromatic N) is 2. The Morgan fingerprint density at radius 2 is 1.43 bits per heavy atom. The standard InChI is InChI=1S/C32H42N4O8/c1-18(35(8)20(3)34-21(4)37)29(38)23-10-12-25-27(14-23)44-28(43-25)15-36(16-33-31(40)32(5,6)7)19(2)30(39)22-9-11-24-26(13-22)42-17-41-24/h9-14,18-20,28H,15-17H2,1-8H3,(H,33,40)(H,34,37). The number of carbonyl (C=O) groups excluding carboxylic acids is 4. The van der Waals surface area contributed by atoms with E-state index in [1.807, 2.05) is 27.7 Å². The predicted molar refractivity (Wildman–Crippen MR) is 162 cm³/mol. The number of carbonyl (C=O) groups is 4. The van der Waals surface area contributed by atoms with Crippen molar-refractivity contribution in [2.75, 3.05) is 27.1 Å². The van der Waals surface area contributed by atoms with Gasteiger partial charge < -0.3 is 29.6 Å². The molecule has 0 radical (unpaired) electrons. The highest BCUT2D eigenvalue weighted by Gasteiger charge is 2.33. The molecule has 2 aliphatic heterocycles. The summed E-state index contributed by atoms with van der Waals surface area (Å²) in [5.74, 6) is 1.27. The first-order chi connectivity index (χ1) is 20.6. The van der Waals surface area contributed by atoms with Crippen molar-refractivity contribution < 1.29 is 38.1 Å². The zero-order valence-electron chi connectivity index (χ0n) is 26.6. The van der Waals surface area contributed by atoms with Crippen molar-refractivity contribution in [1.82, 2.24) is 20.4 Å². The first-order valence-electron chi connectivity index (χ1n) is 14.6. The van der Waals surface area contributed by atoms with Gasteiger partial charge in [0.05, 0.1) is 31.5 Å². The Hall–Kier alpha value is -4.16. The quantitative estimate of drug-likeness (QED) is 0.272. The third-order valence-corrected chi connectivity index (χ3v) is 7.85. The Labute approximate surface area is 257 Å². The molecule has 4 unspecified atom stereocenters. The Balaban J connectivity index is 1.47. The second-order valence-corrected chi connectivity index (χ2v) is 12.2. The van der Waals surface area contributed by atoms with Crippen LogP contribution in [0.25, 0.3) is 0 Å². The number of Topliss-reactive ketones (excluding diaryl/α,β-unsaturated/α-hetero) is 2. The van der Waals surface area contributed by atoms with Crippen molar-refractivity contribution in [2.24, 2.45) is 5.41 Å². The lowest BCUT2D eigenvalue weighted by atomic mass is 9.96. The number of nitrogens with one attached hydrogen (secondary N) is 2. The van der Waals surface area contributed by atoms with Gasteiger partial charge in [0.1, 0.15) is 0 Å². The van der Waals surface area contributed by atoms with E-state index in [0.717, 1.165) is 0 Å². The number of amides is 2. The average molecular weight is 611 g/mol. The number of ketones is 2. The normalized spacial score (nSPS) is 17.3. The van der Waals surface area contributed by atoms with E-state index in [1.54, 1.807) is 67.1 Å². The summed E-state index contributed by atoms with van der Waals surface area (Å²) in [6.07, 6.45) is -1.13. The van der Waals surface area contributed by atoms with Gasteiger partial charge in [-0.3, -0.25) is 29.0 Å². The summed E-state index contributed by atoms with van der Waals surface area (Å²) in [7, 11) is 1.77. The molecule has 0 saturated heterocycles. The zero-order chi connectivity index (χ0) is 32.3. The molecule has 238 valence electrons. The predicted octanol–water partition coefficient (Wildman–Crippen LogP) is 3.19. The van der Waals surface area contributed by atoms with Gasteiger partial charge in [-0.2, -0.15) is 0 Å². The van der Waals surface area contributed by atoms with E-state index in [9.17, 15) is 19.2 Å². The van der Waals surface area contributed by atoms with Gasteiger partial charge in [0.15, 0.2) is 34.6 Å². The molecule has 2 heterocycles. The maximum absolute atomic E-state index is 13.6. The van der Waals surface area contributed by atoms with Gasteiger partial charge in [0.2, 0.25) is 18.6 Å². The molecule has 2 aliphatic rings. The van der Waals surface area contributed by atoms with Crippen LogP contribution in [0.1, 0.15) is 69.2 Å². The molecule has 4 rings (SSSR count). The molecule has 0 bridgehead atoms. The highest BCUT2D eigenvalue weighted by atomic mass is 16.7. The summed E-state index contributed by atoms with van der Waals surface area (Å²) in [6, 6.07) is 8.85. The van der Waals surface area contributed by atoms with Gasteiger partial charge in [-0.05, 0) is 64.2 Å². The lowest BCUT2D eigenvalue weighted by Crippen LogP contribution is -2.51. The topological polar surface area (TPSA) is 136 Å². The molecule has 0 fully saturated rings. The molecule has 12 nitrogen and oxygen atoms in total. The van der Waals surface area contributed by atoms with Crippen LogP contribution in [-0.2, 0) is 9.59 Å². The number of benzene rings is 2. The third kappa shape index (κ3) is 7.48. The van der Waals surface area contributed by atoms with E-state index in [1.165, 1.54) is 6.92 Å². The maximum atomic E-state index is 13.6. The first-order valence-corrected chi connectivity index (χ1v) is 14.6. The maximum Gasteiger partial charge on any atom is 0.254 e. The van der Waals surface area contributed by atoms with Crippen LogP contribution in [0.5, 0.6) is 23.0 Å². The van der Waals surface area contributed by atoms with Crippen LogP contribution in [0, 0.1) is 5.41 Å². The fourth-order valence-corrected chi connectivity index (χ4v) is 4.84. The van der Waals surface area contributed by atoms with Gasteiger partial charge in [-0.25, -0.2) is 0 Å². The smallest absolute Gasteiger partial charge is 0.254 e. The van der Waals surface area contributed by atoms with Gasteiger partial charge in [0.25, 0.3) is 6.29 Å². The van der Waals surface area contributed by atoms with Gasteiger partial charge >= 0.3 is 0 Å². The molecular weight excluding hydrogens is 568 g/mol. The van der Waals surface area contributed by atoms with E-state index in [0.29, 0.717) is 34.1 Å². The molecule has 0 aromatic heterocycles. The molecule has 0 aliphatic carbocycles. The third-order valence-electron chi connectivity index (χ3n) is 7.85. The molecule has 2 aromatic rings. The Bertz CT molecular complexity index is 1420. The average Bonchev–Trinajstić information content (AvgIpc) is 3.61. The van der Waals surface area contributed by atoms with E-state index in [4.69, 9.17) is 18.9 Å². The lowest BCUT2D eigenvalue weighted by Gasteiger charge is -2.31. The van der Waals surface area contributed by atoms with E-state index in [2.05, 4.69) is 10.6 Å². The summed E-state index contributed by atoms with van der Waals surface area (Å²) < 4.78 is 22.9. The number of hydrogen-bond acceptors (Lipinski definition) is 10. The minimum Gasteiger partial charge on any atom is -0.454 e. The number of rotatable bonds is 12. The minimum atomic E-state index is -0.797. The number of hydrogen-bond donors (Lipinski definition) is 2. The largest absolute Gasteiger partial charge is 0.454 e. The highest BCUT2D eigenvalue weighted by Crippen LogP contribution is 2.37. The van der Waals surface area contributed by atoms with Crippen LogP contribution < -0.4 is 29.6 Å². The van der Waals surface area contributed by atoms with Crippen molar-refractivity contribution in [3.05, 3.63) is 47.5 Å². The molecule has 0 spiro atoms. The molecular formula is C32H42N4O8. The molecule has 2 amide bonds. The molecule has 12 heteroatoms. The van der Waals surface area contributed by atoms with E-state index < -0.39 is 23.8 Å². The first kappa shape index (κ1) is 32.7. The van der Waals surface area contributed by atoms with Gasteiger partial charge in [0, 0.05) is 23.5 Å². The van der Waals surface area contributed by atoms with Gasteiger partial charge in [-0.1, -0.05) is 20.8 Å². The van der Waals surface area contributed by atoms with Crippen molar-refractivity contribution in [3.63, 3.8) is 0 Å². The Morgan fingerprint density at radius 3 is 2.07 bits per heavy atom. The molecule has 0 saturated carbocycles. The fourth-order valence-electron chi connectivity index (χ4n) is 4.84. The summed E-state index contributed by atoms with van der Waals surface area (Å²) in [6.45, 7) is 12.5. The van der Waals surface area contributed by atoms with Crippen LogP contribution in [0.3, 0.4) is 0 Å². The highest BCUT2D eigenvalue weighted by molar-refractivity contribution is 6.01. The Morgan fingerprint density at radius 1 is 0.864 bits per heavy atom. The summed E-state index contributed by atoms with van der Waals surface area (Å²) >= 11 is 0. The van der Waals surface area contributed by atoms with Crippen LogP contribution in [0.4, 0.5) is 0 Å². The van der Waals surface area contributed by atoms with Crippen LogP contribution in [0.2, 0.25) is 0 Å². The number of likely N-dealkylation sites (N-methyl/N-ethyl adjacent to an activating group) is 1. The summed E-state index contributed by atoms with van der Waals surface area (Å²) in [5.41, 5.74) is 0.254. The SMILES string of the molecule is CC(=O)NC(C)N(C)C(C)C(=O)c1ccc2c(c1)OC(CN(CNC(=O)C(C)(C)C)C(C)C(=O)c1ccc3c(c1)OCO3)O2. The summed E-state index contributed by atoms with van der Waals surface area (Å²) in [5, 5.41) is 5.70. The lowest BCUT2D eigenvalue weighted by molar-refractivity contribution is -0.129. The number of fused-ring (bicyclic) bond motifs is 2. The second-order valence-electron chi connectivity index (χ2n) is 12.2. The van der Waals surface area contributed by atoms with Crippen LogP contribution in [-0.4, -0.2) is 84.8 Å². The van der Waals surface area contributed by atoms with E-state index >= 15 is 0 Å². The Kier molecular flexibility index (Phi) is 9.85. The van der Waals surface area contributed by atoms with Crippen molar-refractivity contribution >= 4 is 23.4 Å². The molecule has 2 N–H and O–H groups in total. The number of ether oxygens (including phenoxy) is 4. The minimum absolute atomic E-state index is 0.0766. The second kappa shape index (κ2) is 13.2.